The quantitative estimate of drug-likeness (QED) is 0.746. The molecule has 0 bridgehead atoms. The van der Waals surface area contributed by atoms with Gasteiger partial charge in [0.15, 0.2) is 5.41 Å². The number of ether oxygens (including phenoxy) is 1. The molecule has 148 valence electrons. The Morgan fingerprint density at radius 1 is 1.07 bits per heavy atom. The van der Waals surface area contributed by atoms with Crippen molar-refractivity contribution < 1.29 is 23.5 Å². The summed E-state index contributed by atoms with van der Waals surface area (Å²) in [6.07, 6.45) is -0.00804. The zero-order valence-electron chi connectivity index (χ0n) is 15.4. The number of imide groups is 2. The van der Waals surface area contributed by atoms with Crippen molar-refractivity contribution in [3.63, 3.8) is 0 Å². The van der Waals surface area contributed by atoms with E-state index in [1.807, 2.05) is 0 Å². The summed E-state index contributed by atoms with van der Waals surface area (Å²) in [6, 6.07) is 11.6. The number of amides is 4. The molecule has 0 radical (unpaired) electrons. The summed E-state index contributed by atoms with van der Waals surface area (Å²) in [6.45, 7) is 0.793. The van der Waals surface area contributed by atoms with Gasteiger partial charge in [0.05, 0.1) is 30.6 Å². The zero-order valence-corrected chi connectivity index (χ0v) is 15.4. The van der Waals surface area contributed by atoms with Crippen molar-refractivity contribution >= 4 is 29.2 Å². The fourth-order valence-electron chi connectivity index (χ4n) is 4.64. The van der Waals surface area contributed by atoms with Gasteiger partial charge in [0, 0.05) is 13.0 Å². The van der Waals surface area contributed by atoms with Crippen LogP contribution in [0.3, 0.4) is 0 Å². The minimum atomic E-state index is -1.59. The number of para-hydroxylation sites is 2. The number of carbonyl (C=O) groups excluding carboxylic acids is 3. The van der Waals surface area contributed by atoms with Gasteiger partial charge >= 0.3 is 6.03 Å². The number of hydrogen-bond acceptors (Lipinski definition) is 5. The highest BCUT2D eigenvalue weighted by Crippen LogP contribution is 2.46. The van der Waals surface area contributed by atoms with Crippen LogP contribution in [0.5, 0.6) is 0 Å². The topological polar surface area (TPSA) is 79.0 Å². The number of benzene rings is 2. The van der Waals surface area contributed by atoms with Gasteiger partial charge in [-0.05, 0) is 23.8 Å². The summed E-state index contributed by atoms with van der Waals surface area (Å²) in [4.78, 5) is 42.2. The minimum Gasteiger partial charge on any atom is -0.377 e. The first kappa shape index (κ1) is 17.8. The van der Waals surface area contributed by atoms with E-state index in [0.717, 1.165) is 4.90 Å². The maximum Gasteiger partial charge on any atom is 0.335 e. The van der Waals surface area contributed by atoms with Gasteiger partial charge in [0.2, 0.25) is 5.91 Å². The fraction of sp³-hybridized carbons (Fsp3) is 0.286. The average molecular weight is 395 g/mol. The molecule has 2 aromatic rings. The number of carbonyl (C=O) groups is 3. The molecule has 0 unspecified atom stereocenters. The Labute approximate surface area is 166 Å². The first-order valence-corrected chi connectivity index (χ1v) is 9.41. The van der Waals surface area contributed by atoms with Gasteiger partial charge in [-0.25, -0.2) is 14.1 Å². The highest BCUT2D eigenvalue weighted by Gasteiger charge is 2.63. The van der Waals surface area contributed by atoms with Gasteiger partial charge < -0.3 is 9.64 Å². The molecule has 3 aliphatic heterocycles. The minimum absolute atomic E-state index is 0.00804. The van der Waals surface area contributed by atoms with Crippen molar-refractivity contribution in [3.05, 3.63) is 59.9 Å². The van der Waals surface area contributed by atoms with E-state index in [9.17, 15) is 18.8 Å². The molecule has 3 aliphatic rings. The fourth-order valence-corrected chi connectivity index (χ4v) is 4.64. The highest BCUT2D eigenvalue weighted by molar-refractivity contribution is 6.30. The Morgan fingerprint density at radius 2 is 1.86 bits per heavy atom. The van der Waals surface area contributed by atoms with Gasteiger partial charge in [-0.3, -0.25) is 14.9 Å². The Hall–Kier alpha value is -3.26. The van der Waals surface area contributed by atoms with E-state index in [0.29, 0.717) is 30.1 Å². The lowest BCUT2D eigenvalue weighted by molar-refractivity contribution is -0.147. The lowest BCUT2D eigenvalue weighted by atomic mass is 9.68. The van der Waals surface area contributed by atoms with Crippen LogP contribution in [0, 0.1) is 11.2 Å². The Kier molecular flexibility index (Phi) is 3.92. The maximum absolute atomic E-state index is 14.7. The van der Waals surface area contributed by atoms with Crippen molar-refractivity contribution in [3.8, 4) is 0 Å². The van der Waals surface area contributed by atoms with Crippen molar-refractivity contribution in [2.45, 2.75) is 12.5 Å². The van der Waals surface area contributed by atoms with Crippen molar-refractivity contribution in [2.24, 2.45) is 5.41 Å². The van der Waals surface area contributed by atoms with E-state index in [2.05, 4.69) is 5.32 Å². The van der Waals surface area contributed by atoms with Crippen molar-refractivity contribution in [2.75, 3.05) is 29.6 Å². The number of urea groups is 1. The smallest absolute Gasteiger partial charge is 0.335 e. The molecule has 2 aromatic carbocycles. The van der Waals surface area contributed by atoms with Crippen LogP contribution < -0.4 is 15.1 Å². The average Bonchev–Trinajstić information content (AvgIpc) is 2.73. The molecule has 29 heavy (non-hydrogen) atoms. The van der Waals surface area contributed by atoms with E-state index in [4.69, 9.17) is 4.74 Å². The number of nitrogens with one attached hydrogen (secondary N) is 1. The third kappa shape index (κ3) is 2.42. The Morgan fingerprint density at radius 3 is 2.66 bits per heavy atom. The van der Waals surface area contributed by atoms with Crippen LogP contribution >= 0.6 is 0 Å². The molecular weight excluding hydrogens is 377 g/mol. The van der Waals surface area contributed by atoms with Crippen LogP contribution in [0.15, 0.2) is 48.5 Å². The number of barbiturate groups is 1. The molecule has 5 rings (SSSR count). The second kappa shape index (κ2) is 6.38. The summed E-state index contributed by atoms with van der Waals surface area (Å²) in [7, 11) is 0. The molecule has 0 aromatic heterocycles. The molecule has 2 saturated heterocycles. The molecule has 1 N–H and O–H groups in total. The maximum atomic E-state index is 14.7. The van der Waals surface area contributed by atoms with Crippen LogP contribution in [-0.4, -0.2) is 43.6 Å². The molecule has 3 heterocycles. The molecular formula is C21H18FN3O4. The molecule has 0 saturated carbocycles. The number of halogens is 1. The first-order valence-electron chi connectivity index (χ1n) is 9.41. The summed E-state index contributed by atoms with van der Waals surface area (Å²) in [5.74, 6) is -1.69. The molecule has 1 spiro atoms. The predicted molar refractivity (Wildman–Crippen MR) is 102 cm³/mol. The highest BCUT2D eigenvalue weighted by atomic mass is 19.1. The van der Waals surface area contributed by atoms with Gasteiger partial charge in [0.25, 0.3) is 5.91 Å². The number of anilines is 2. The molecule has 8 heteroatoms. The summed E-state index contributed by atoms with van der Waals surface area (Å²) in [5, 5.41) is 2.35. The number of nitrogens with zero attached hydrogens (tertiary/aromatic N) is 2. The number of hydrogen-bond donors (Lipinski definition) is 1. The lowest BCUT2D eigenvalue weighted by Crippen LogP contribution is -2.74. The molecule has 2 fully saturated rings. The van der Waals surface area contributed by atoms with E-state index in [1.54, 1.807) is 47.4 Å². The van der Waals surface area contributed by atoms with E-state index >= 15 is 0 Å². The van der Waals surface area contributed by atoms with Crippen LogP contribution in [-0.2, 0) is 20.7 Å². The van der Waals surface area contributed by atoms with Crippen LogP contribution in [0.4, 0.5) is 20.6 Å². The predicted octanol–water partition coefficient (Wildman–Crippen LogP) is 1.86. The molecule has 4 amide bonds. The van der Waals surface area contributed by atoms with Gasteiger partial charge in [-0.2, -0.15) is 0 Å². The number of morpholine rings is 1. The van der Waals surface area contributed by atoms with Crippen molar-refractivity contribution in [1.82, 2.24) is 5.32 Å². The van der Waals surface area contributed by atoms with E-state index in [1.165, 1.54) is 6.07 Å². The zero-order chi connectivity index (χ0) is 20.2. The Bertz CT molecular complexity index is 1030. The van der Waals surface area contributed by atoms with E-state index < -0.39 is 35.1 Å². The third-order valence-electron chi connectivity index (χ3n) is 5.95. The number of rotatable bonds is 1. The monoisotopic (exact) mass is 395 g/mol. The second-order valence-electron chi connectivity index (χ2n) is 7.42. The largest absolute Gasteiger partial charge is 0.377 e. The lowest BCUT2D eigenvalue weighted by Gasteiger charge is -2.53. The van der Waals surface area contributed by atoms with Gasteiger partial charge in [-0.1, -0.05) is 30.3 Å². The summed E-state index contributed by atoms with van der Waals surface area (Å²) in [5.41, 5.74) is -0.260. The van der Waals surface area contributed by atoms with Crippen LogP contribution in [0.2, 0.25) is 0 Å². The molecule has 2 atom stereocenters. The van der Waals surface area contributed by atoms with Gasteiger partial charge in [0.1, 0.15) is 5.82 Å². The van der Waals surface area contributed by atoms with E-state index in [-0.39, 0.29) is 13.0 Å². The molecule has 0 aliphatic carbocycles. The normalized spacial score (nSPS) is 26.2. The van der Waals surface area contributed by atoms with Crippen LogP contribution in [0.1, 0.15) is 5.56 Å². The second-order valence-corrected chi connectivity index (χ2v) is 7.42. The first-order chi connectivity index (χ1) is 14.0. The summed E-state index contributed by atoms with van der Waals surface area (Å²) >= 11 is 0. The third-order valence-corrected chi connectivity index (χ3v) is 5.95. The van der Waals surface area contributed by atoms with Crippen LogP contribution in [0.25, 0.3) is 0 Å². The van der Waals surface area contributed by atoms with Crippen molar-refractivity contribution in [1.29, 1.82) is 0 Å². The van der Waals surface area contributed by atoms with Gasteiger partial charge in [-0.15, -0.1) is 0 Å². The SMILES string of the molecule is O=C1NC(=O)[C@@]2(Cc3cccc(F)c3N3CCOC[C@@H]32)C(=O)N1c1ccccc1. The summed E-state index contributed by atoms with van der Waals surface area (Å²) < 4.78 is 20.2. The molecule has 7 nitrogen and oxygen atoms in total. The Balaban J connectivity index is 1.69. The number of fused-ring (bicyclic) bond motifs is 4. The standard InChI is InChI=1S/C21H18FN3O4/c22-15-8-4-5-13-11-21(16-12-29-10-9-24(16)17(13)15)18(26)23-20(28)25(19(21)27)14-6-2-1-3-7-14/h1-8,16H,9-12H2,(H,23,26,28)/t16-,21+/m1/s1.